The van der Waals surface area contributed by atoms with E-state index in [1.165, 1.54) is 26.0 Å². The Morgan fingerprint density at radius 3 is 1.63 bits per heavy atom. The largest absolute Gasteiger partial charge is 0.507 e. The van der Waals surface area contributed by atoms with Gasteiger partial charge in [0.05, 0.1) is 32.0 Å². The maximum absolute atomic E-state index is 14.6. The van der Waals surface area contributed by atoms with Gasteiger partial charge in [-0.1, -0.05) is 6.07 Å². The molecule has 6 heterocycles. The number of phenolic OH excluding ortho intramolecular Hbond substituents is 5. The van der Waals surface area contributed by atoms with Crippen LogP contribution in [0.15, 0.2) is 63.8 Å². The Kier molecular flexibility index (Phi) is 20.2. The maximum Gasteiger partial charge on any atom is 0.331 e. The number of esters is 1. The lowest BCUT2D eigenvalue weighted by atomic mass is 9.97. The van der Waals surface area contributed by atoms with Crippen molar-refractivity contribution in [1.29, 1.82) is 0 Å². The zero-order valence-electron chi connectivity index (χ0n) is 45.5. The number of hydrogen-bond donors (Lipinski definition) is 19. The molecule has 0 spiro atoms. The first-order valence-corrected chi connectivity index (χ1v) is 26.9. The molecule has 3 aromatic carbocycles. The third-order valence-electron chi connectivity index (χ3n) is 15.2. The van der Waals surface area contributed by atoms with Crippen molar-refractivity contribution in [2.75, 3.05) is 19.8 Å². The van der Waals surface area contributed by atoms with Gasteiger partial charge in [-0.3, -0.25) is 4.79 Å². The Morgan fingerprint density at radius 2 is 1.03 bits per heavy atom. The van der Waals surface area contributed by atoms with E-state index in [0.29, 0.717) is 0 Å². The highest BCUT2D eigenvalue weighted by Gasteiger charge is 2.54. The standard InChI is InChI=1S/C54H66O33/c1-16-32(63)47(85-51-40(71)37(68)33(64)27(13-55)81-51)43(74)54(77-16)79-20-11-25(61)31-26(12-20)80-46(19-5-7-22(58)24(60)10-19)48(36(31)67)86-53-42(73)39(70)35(66)29(83-53)15-76-50-44(75)49(87-52-41(72)38(69)34(65)28(14-56)82-52)45(17(2)78-50)84-30(62)8-4-18-3-6-21(57)23(59)9-18/h3-12,16-17,27-29,32-35,37-45,47,49-61,63-66,68-75H,13-15H2,1-2H3/b8-4+/t16-,17-,27+,28+,29+,32-,33+,34+,35-,37-,38-,39-,40+,41+,42+,43+,44+,45-,47+,49-,50+,51-,52-,53-,54-/m0/s1. The van der Waals surface area contributed by atoms with Crippen LogP contribution in [0, 0.1) is 0 Å². The van der Waals surface area contributed by atoms with Gasteiger partial charge in [-0.15, -0.1) is 0 Å². The number of ether oxygens (including phenoxy) is 11. The Bertz CT molecular complexity index is 3120. The summed E-state index contributed by atoms with van der Waals surface area (Å²) in [6, 6.07) is 8.50. The summed E-state index contributed by atoms with van der Waals surface area (Å²) >= 11 is 0. The average Bonchev–Trinajstić information content (AvgIpc) is 1.09. The minimum atomic E-state index is -2.23. The fraction of sp³-hybridized carbons (Fsp3) is 0.556. The molecule has 0 radical (unpaired) electrons. The minimum absolute atomic E-state index is 0.228. The minimum Gasteiger partial charge on any atom is -0.507 e. The summed E-state index contributed by atoms with van der Waals surface area (Å²) in [6.07, 6.45) is -43.7. The lowest BCUT2D eigenvalue weighted by Gasteiger charge is -2.46. The molecule has 0 amide bonds. The summed E-state index contributed by atoms with van der Waals surface area (Å²) in [5.41, 5.74) is -1.75. The predicted octanol–water partition coefficient (Wildman–Crippen LogP) is -5.86. The van der Waals surface area contributed by atoms with Gasteiger partial charge in [-0.2, -0.15) is 0 Å². The second kappa shape index (κ2) is 26.9. The van der Waals surface area contributed by atoms with E-state index in [1.54, 1.807) is 0 Å². The first-order valence-electron chi connectivity index (χ1n) is 26.9. The van der Waals surface area contributed by atoms with Gasteiger partial charge in [0.15, 0.2) is 53.7 Å². The van der Waals surface area contributed by atoms with Crippen LogP contribution in [0.5, 0.6) is 40.2 Å². The maximum atomic E-state index is 14.6. The van der Waals surface area contributed by atoms with Gasteiger partial charge in [0.25, 0.3) is 0 Å². The quantitative estimate of drug-likeness (QED) is 0.0266. The van der Waals surface area contributed by atoms with Crippen LogP contribution < -0.4 is 14.9 Å². The van der Waals surface area contributed by atoms with E-state index in [2.05, 4.69) is 0 Å². The van der Waals surface area contributed by atoms with Crippen LogP contribution in [0.2, 0.25) is 0 Å². The molecule has 0 bridgehead atoms. The van der Waals surface area contributed by atoms with E-state index in [-0.39, 0.29) is 11.1 Å². The van der Waals surface area contributed by atoms with Crippen LogP contribution in [0.4, 0.5) is 0 Å². The number of hydrogen-bond acceptors (Lipinski definition) is 33. The lowest BCUT2D eigenvalue weighted by molar-refractivity contribution is -0.361. The Hall–Kier alpha value is -6.20. The molecule has 0 unspecified atom stereocenters. The molecule has 480 valence electrons. The number of aliphatic hydroxyl groups is 14. The van der Waals surface area contributed by atoms with Crippen LogP contribution in [0.3, 0.4) is 0 Å². The number of carbonyl (C=O) groups excluding carboxylic acids is 1. The molecule has 33 nitrogen and oxygen atoms in total. The van der Waals surface area contributed by atoms with Crippen molar-refractivity contribution in [3.8, 4) is 51.6 Å². The smallest absolute Gasteiger partial charge is 0.331 e. The highest BCUT2D eigenvalue weighted by atomic mass is 16.8. The van der Waals surface area contributed by atoms with E-state index in [9.17, 15) is 107 Å². The molecule has 0 saturated carbocycles. The van der Waals surface area contributed by atoms with Crippen molar-refractivity contribution in [2.24, 2.45) is 0 Å². The van der Waals surface area contributed by atoms with Gasteiger partial charge in [-0.05, 0) is 55.8 Å². The summed E-state index contributed by atoms with van der Waals surface area (Å²) < 4.78 is 69.1. The number of fused-ring (bicyclic) bond motifs is 1. The second-order valence-electron chi connectivity index (χ2n) is 21.2. The molecular formula is C54H66O33. The zero-order chi connectivity index (χ0) is 63.2. The van der Waals surface area contributed by atoms with Gasteiger partial charge in [0.2, 0.25) is 23.8 Å². The van der Waals surface area contributed by atoms with Gasteiger partial charge >= 0.3 is 5.97 Å². The molecule has 9 rings (SSSR count). The third-order valence-corrected chi connectivity index (χ3v) is 15.2. The highest BCUT2D eigenvalue weighted by molar-refractivity contribution is 5.89. The molecule has 1 aromatic heterocycles. The van der Waals surface area contributed by atoms with E-state index < -0.39 is 242 Å². The number of carbonyl (C=O) groups is 1. The average molecular weight is 1240 g/mol. The van der Waals surface area contributed by atoms with Crippen LogP contribution in [-0.2, 0) is 47.4 Å². The molecule has 0 aliphatic carbocycles. The Morgan fingerprint density at radius 1 is 0.506 bits per heavy atom. The number of aromatic hydroxyl groups is 5. The van der Waals surface area contributed by atoms with E-state index in [1.807, 2.05) is 0 Å². The van der Waals surface area contributed by atoms with Crippen LogP contribution >= 0.6 is 0 Å². The van der Waals surface area contributed by atoms with E-state index in [0.717, 1.165) is 48.5 Å². The Balaban J connectivity index is 0.958. The molecule has 5 fully saturated rings. The third kappa shape index (κ3) is 13.4. The van der Waals surface area contributed by atoms with Gasteiger partial charge < -0.3 is 154 Å². The first kappa shape index (κ1) is 65.3. The zero-order valence-corrected chi connectivity index (χ0v) is 45.5. The van der Waals surface area contributed by atoms with Crippen molar-refractivity contribution in [3.05, 3.63) is 70.4 Å². The normalized spacial score (nSPS) is 38.3. The molecule has 4 aromatic rings. The molecule has 87 heavy (non-hydrogen) atoms. The highest BCUT2D eigenvalue weighted by Crippen LogP contribution is 2.41. The molecule has 5 aliphatic rings. The number of benzene rings is 3. The molecular weight excluding hydrogens is 1180 g/mol. The predicted molar refractivity (Wildman–Crippen MR) is 279 cm³/mol. The summed E-state index contributed by atoms with van der Waals surface area (Å²) in [5.74, 6) is -6.28. The summed E-state index contributed by atoms with van der Waals surface area (Å²) in [7, 11) is 0. The number of rotatable bonds is 17. The van der Waals surface area contributed by atoms with Crippen LogP contribution in [-0.4, -0.2) is 276 Å². The molecule has 19 N–H and O–H groups in total. The monoisotopic (exact) mass is 1240 g/mol. The van der Waals surface area contributed by atoms with Gasteiger partial charge in [0.1, 0.15) is 126 Å². The van der Waals surface area contributed by atoms with Gasteiger partial charge in [0, 0.05) is 23.8 Å². The summed E-state index contributed by atoms with van der Waals surface area (Å²) in [4.78, 5) is 27.9. The summed E-state index contributed by atoms with van der Waals surface area (Å²) in [6.45, 7) is 0.0431. The van der Waals surface area contributed by atoms with Crippen molar-refractivity contribution in [2.45, 2.75) is 167 Å². The van der Waals surface area contributed by atoms with Crippen molar-refractivity contribution in [1.82, 2.24) is 0 Å². The van der Waals surface area contributed by atoms with Crippen molar-refractivity contribution in [3.63, 3.8) is 0 Å². The van der Waals surface area contributed by atoms with Crippen molar-refractivity contribution < 1.29 is 158 Å². The molecule has 33 heteroatoms. The van der Waals surface area contributed by atoms with Gasteiger partial charge in [-0.25, -0.2) is 4.79 Å². The first-order chi connectivity index (χ1) is 41.2. The second-order valence-corrected chi connectivity index (χ2v) is 21.2. The van der Waals surface area contributed by atoms with Crippen molar-refractivity contribution >= 4 is 23.0 Å². The molecule has 25 atom stereocenters. The number of aliphatic hydroxyl groups excluding tert-OH is 14. The lowest BCUT2D eigenvalue weighted by Crippen LogP contribution is -2.65. The van der Waals surface area contributed by atoms with Crippen LogP contribution in [0.1, 0.15) is 19.4 Å². The van der Waals surface area contributed by atoms with E-state index >= 15 is 0 Å². The molecule has 5 saturated heterocycles. The van der Waals surface area contributed by atoms with E-state index in [4.69, 9.17) is 56.5 Å². The topological polar surface area (TPSA) is 533 Å². The summed E-state index contributed by atoms with van der Waals surface area (Å²) in [5, 5.41) is 201. The Labute approximate surface area is 489 Å². The van der Waals surface area contributed by atoms with Crippen LogP contribution in [0.25, 0.3) is 28.4 Å². The fourth-order valence-corrected chi connectivity index (χ4v) is 10.2. The molecule has 5 aliphatic heterocycles. The fourth-order valence-electron chi connectivity index (χ4n) is 10.2. The number of phenols is 5. The SMILES string of the molecule is C[C@@H]1O[C@@H](Oc2cc(O)c3c(=O)c(O[C@@H]4O[C@H](CO[C@@H]5O[C@@H](C)[C@H](OC(=O)/C=C/c6ccc(O)c(O)c6)[C@@H](O[C@@H]6O[C@H](CO)[C@@H](O)[C@H](O)[C@H]6O)[C@H]5O)[C@H](O)[C@H](O)[C@H]4O)c(-c4ccc(O)c(O)c4)oc3c2)[C@H](O)[C@H](O[C@@H]2O[C@H](CO)[C@@H](O)[C@H](O)[C@H]2O)[C@H]1O.